The number of carbonyl (C=O) groups excluding carboxylic acids is 2. The normalized spacial score (nSPS) is 11.8. The van der Waals surface area contributed by atoms with Crippen molar-refractivity contribution in [3.63, 3.8) is 0 Å². The number of hydrogen-bond acceptors (Lipinski definition) is 3. The molecule has 0 atom stereocenters. The number of hydrogen-bond donors (Lipinski definition) is 3. The highest BCUT2D eigenvalue weighted by Gasteiger charge is 2.30. The predicted molar refractivity (Wildman–Crippen MR) is 130 cm³/mol. The van der Waals surface area contributed by atoms with Gasteiger partial charge in [0, 0.05) is 34.8 Å². The number of nitrogens with one attached hydrogen (secondary N) is 3. The maximum absolute atomic E-state index is 13.1. The summed E-state index contributed by atoms with van der Waals surface area (Å²) >= 11 is 0. The number of benzene rings is 3. The summed E-state index contributed by atoms with van der Waals surface area (Å²) < 4.78 is 44.4. The van der Waals surface area contributed by atoms with Crippen LogP contribution in [0.1, 0.15) is 27.0 Å². The van der Waals surface area contributed by atoms with E-state index in [0.717, 1.165) is 23.0 Å². The third-order valence-corrected chi connectivity index (χ3v) is 5.46. The minimum Gasteiger partial charge on any atom is -0.497 e. The van der Waals surface area contributed by atoms with E-state index >= 15 is 0 Å². The van der Waals surface area contributed by atoms with Gasteiger partial charge in [0.25, 0.3) is 11.8 Å². The van der Waals surface area contributed by atoms with E-state index in [1.165, 1.54) is 25.3 Å². The van der Waals surface area contributed by atoms with E-state index < -0.39 is 23.6 Å². The molecule has 1 heterocycles. The highest BCUT2D eigenvalue weighted by atomic mass is 19.4. The number of methoxy groups -OCH3 is 1. The zero-order valence-corrected chi connectivity index (χ0v) is 19.1. The summed E-state index contributed by atoms with van der Waals surface area (Å²) in [4.78, 5) is 29.0. The fourth-order valence-corrected chi connectivity index (χ4v) is 3.60. The summed E-state index contributed by atoms with van der Waals surface area (Å²) in [6.45, 7) is -0.164. The zero-order valence-electron chi connectivity index (χ0n) is 19.1. The first-order valence-electron chi connectivity index (χ1n) is 10.9. The number of carbonyl (C=O) groups is 2. The van der Waals surface area contributed by atoms with Gasteiger partial charge >= 0.3 is 6.18 Å². The number of rotatable bonds is 7. The van der Waals surface area contributed by atoms with E-state index in [4.69, 9.17) is 4.74 Å². The molecule has 0 radical (unpaired) electrons. The van der Waals surface area contributed by atoms with Gasteiger partial charge in [0.15, 0.2) is 0 Å². The molecule has 9 heteroatoms. The summed E-state index contributed by atoms with van der Waals surface area (Å²) in [7, 11) is 1.54. The lowest BCUT2D eigenvalue weighted by Gasteiger charge is -2.12. The first-order chi connectivity index (χ1) is 17.2. The molecule has 0 aliphatic rings. The Labute approximate surface area is 204 Å². The van der Waals surface area contributed by atoms with Crippen molar-refractivity contribution in [2.45, 2.75) is 12.7 Å². The number of aromatic amines is 1. The third kappa shape index (κ3) is 5.75. The second-order valence-electron chi connectivity index (χ2n) is 7.91. The molecule has 0 aliphatic carbocycles. The lowest BCUT2D eigenvalue weighted by molar-refractivity contribution is -0.137. The van der Waals surface area contributed by atoms with Gasteiger partial charge in [-0.1, -0.05) is 30.3 Å². The van der Waals surface area contributed by atoms with Gasteiger partial charge in [0.2, 0.25) is 0 Å². The third-order valence-electron chi connectivity index (χ3n) is 5.46. The first kappa shape index (κ1) is 24.6. The van der Waals surface area contributed by atoms with Crippen molar-refractivity contribution in [1.29, 1.82) is 0 Å². The largest absolute Gasteiger partial charge is 0.497 e. The van der Waals surface area contributed by atoms with Crippen LogP contribution in [0.15, 0.2) is 84.7 Å². The van der Waals surface area contributed by atoms with Crippen molar-refractivity contribution >= 4 is 28.8 Å². The molecule has 36 heavy (non-hydrogen) atoms. The minimum atomic E-state index is -4.49. The SMILES string of the molecule is COc1ccc2[nH]cc(/C=C(\NC(=O)c3ccccc3)C(=O)NCc3cccc(C(F)(F)F)c3)c2c1. The maximum Gasteiger partial charge on any atom is 0.416 e. The fourth-order valence-electron chi connectivity index (χ4n) is 3.60. The molecule has 0 bridgehead atoms. The van der Waals surface area contributed by atoms with Gasteiger partial charge in [0.1, 0.15) is 11.4 Å². The summed E-state index contributed by atoms with van der Waals surface area (Å²) in [6.07, 6.45) is -1.31. The van der Waals surface area contributed by atoms with Gasteiger partial charge in [-0.3, -0.25) is 9.59 Å². The van der Waals surface area contributed by atoms with E-state index in [1.807, 2.05) is 6.07 Å². The number of fused-ring (bicyclic) bond motifs is 1. The zero-order chi connectivity index (χ0) is 25.7. The second kappa shape index (κ2) is 10.4. The standard InChI is InChI=1S/C27H22F3N3O3/c1-36-21-10-11-23-22(14-21)19(16-31-23)13-24(33-25(34)18-7-3-2-4-8-18)26(35)32-15-17-6-5-9-20(12-17)27(28,29)30/h2-14,16,31H,15H2,1H3,(H,32,35)(H,33,34)/b24-13-. The highest BCUT2D eigenvalue weighted by Crippen LogP contribution is 2.29. The Hall–Kier alpha value is -4.53. The topological polar surface area (TPSA) is 83.2 Å². The lowest BCUT2D eigenvalue weighted by atomic mass is 10.1. The number of aromatic nitrogens is 1. The highest BCUT2D eigenvalue weighted by molar-refractivity contribution is 6.06. The van der Waals surface area contributed by atoms with Crippen molar-refractivity contribution in [1.82, 2.24) is 15.6 Å². The lowest BCUT2D eigenvalue weighted by Crippen LogP contribution is -2.34. The van der Waals surface area contributed by atoms with Crippen LogP contribution < -0.4 is 15.4 Å². The van der Waals surface area contributed by atoms with Crippen molar-refractivity contribution < 1.29 is 27.5 Å². The molecule has 2 amide bonds. The van der Waals surface area contributed by atoms with Crippen LogP contribution in [0.25, 0.3) is 17.0 Å². The average Bonchev–Trinajstić information content (AvgIpc) is 3.28. The van der Waals surface area contributed by atoms with Crippen molar-refractivity contribution in [2.24, 2.45) is 0 Å². The van der Waals surface area contributed by atoms with Gasteiger partial charge < -0.3 is 20.4 Å². The molecule has 0 spiro atoms. The molecule has 3 aromatic carbocycles. The van der Waals surface area contributed by atoms with Gasteiger partial charge in [-0.2, -0.15) is 13.2 Å². The summed E-state index contributed by atoms with van der Waals surface area (Å²) in [5.41, 5.74) is 1.13. The average molecular weight is 493 g/mol. The quantitative estimate of drug-likeness (QED) is 0.306. The molecule has 4 aromatic rings. The van der Waals surface area contributed by atoms with E-state index in [0.29, 0.717) is 16.9 Å². The van der Waals surface area contributed by atoms with Crippen molar-refractivity contribution in [2.75, 3.05) is 7.11 Å². The Morgan fingerprint density at radius 1 is 1.00 bits per heavy atom. The van der Waals surface area contributed by atoms with Gasteiger partial charge in [-0.25, -0.2) is 0 Å². The van der Waals surface area contributed by atoms with Crippen LogP contribution in [0.4, 0.5) is 13.2 Å². The molecule has 0 fully saturated rings. The van der Waals surface area contributed by atoms with Crippen LogP contribution in [-0.2, 0) is 17.5 Å². The summed E-state index contributed by atoms with van der Waals surface area (Å²) in [5, 5.41) is 5.97. The Morgan fingerprint density at radius 2 is 1.78 bits per heavy atom. The Bertz CT molecular complexity index is 1430. The monoisotopic (exact) mass is 493 g/mol. The van der Waals surface area contributed by atoms with Crippen LogP contribution >= 0.6 is 0 Å². The number of amides is 2. The molecular weight excluding hydrogens is 471 g/mol. The van der Waals surface area contributed by atoms with Crippen LogP contribution in [-0.4, -0.2) is 23.9 Å². The molecular formula is C27H22F3N3O3. The van der Waals surface area contributed by atoms with E-state index in [1.54, 1.807) is 48.7 Å². The molecule has 3 N–H and O–H groups in total. The van der Waals surface area contributed by atoms with Crippen LogP contribution in [0.2, 0.25) is 0 Å². The maximum atomic E-state index is 13.1. The fraction of sp³-hybridized carbons (Fsp3) is 0.111. The molecule has 0 unspecified atom stereocenters. The summed E-state index contributed by atoms with van der Waals surface area (Å²) in [5.74, 6) is -0.553. The smallest absolute Gasteiger partial charge is 0.416 e. The van der Waals surface area contributed by atoms with Gasteiger partial charge in [-0.05, 0) is 54.1 Å². The molecule has 184 valence electrons. The van der Waals surface area contributed by atoms with E-state index in [9.17, 15) is 22.8 Å². The molecule has 1 aromatic heterocycles. The van der Waals surface area contributed by atoms with Crippen LogP contribution in [0.5, 0.6) is 5.75 Å². The molecule has 0 saturated heterocycles. The molecule has 4 rings (SSSR count). The first-order valence-corrected chi connectivity index (χ1v) is 10.9. The van der Waals surface area contributed by atoms with E-state index in [-0.39, 0.29) is 17.8 Å². The Morgan fingerprint density at radius 3 is 2.50 bits per heavy atom. The molecule has 0 saturated carbocycles. The number of alkyl halides is 3. The number of ether oxygens (including phenoxy) is 1. The molecule has 0 aliphatic heterocycles. The predicted octanol–water partition coefficient (Wildman–Crippen LogP) is 5.28. The second-order valence-corrected chi connectivity index (χ2v) is 7.91. The number of halogens is 3. The van der Waals surface area contributed by atoms with Crippen molar-refractivity contribution in [3.05, 3.63) is 107 Å². The Kier molecular flexibility index (Phi) is 7.10. The summed E-state index contributed by atoms with van der Waals surface area (Å²) in [6, 6.07) is 18.4. The van der Waals surface area contributed by atoms with Gasteiger partial charge in [0.05, 0.1) is 12.7 Å². The van der Waals surface area contributed by atoms with Crippen LogP contribution in [0, 0.1) is 0 Å². The minimum absolute atomic E-state index is 0.0699. The number of H-pyrrole nitrogens is 1. The van der Waals surface area contributed by atoms with Gasteiger partial charge in [-0.15, -0.1) is 0 Å². The van der Waals surface area contributed by atoms with Crippen LogP contribution in [0.3, 0.4) is 0 Å². The molecule has 6 nitrogen and oxygen atoms in total. The van der Waals surface area contributed by atoms with E-state index in [2.05, 4.69) is 15.6 Å². The Balaban J connectivity index is 1.63. The van der Waals surface area contributed by atoms with Crippen molar-refractivity contribution in [3.8, 4) is 5.75 Å².